The Morgan fingerprint density at radius 2 is 2.06 bits per heavy atom. The SMILES string of the molecule is COc1ncccc1NCC1CCCCCC1. The largest absolute Gasteiger partial charge is 0.480 e. The standard InChI is InChI=1S/C14H22N2O/c1-17-14-13(9-6-10-15-14)16-11-12-7-4-2-3-5-8-12/h6,9-10,12,16H,2-5,7-8,11H2,1H3. The smallest absolute Gasteiger partial charge is 0.237 e. The number of hydrogen-bond acceptors (Lipinski definition) is 3. The highest BCUT2D eigenvalue weighted by atomic mass is 16.5. The Labute approximate surface area is 104 Å². The molecule has 1 heterocycles. The van der Waals surface area contributed by atoms with E-state index in [0.29, 0.717) is 5.88 Å². The lowest BCUT2D eigenvalue weighted by Gasteiger charge is -2.16. The van der Waals surface area contributed by atoms with Gasteiger partial charge in [-0.2, -0.15) is 0 Å². The van der Waals surface area contributed by atoms with E-state index in [0.717, 1.165) is 18.2 Å². The Morgan fingerprint density at radius 3 is 2.76 bits per heavy atom. The highest BCUT2D eigenvalue weighted by molar-refractivity contribution is 5.51. The summed E-state index contributed by atoms with van der Waals surface area (Å²) in [5.41, 5.74) is 1.01. The van der Waals surface area contributed by atoms with Crippen LogP contribution in [0.3, 0.4) is 0 Å². The van der Waals surface area contributed by atoms with Crippen molar-refractivity contribution in [1.29, 1.82) is 0 Å². The van der Waals surface area contributed by atoms with Crippen LogP contribution in [0.5, 0.6) is 5.88 Å². The lowest BCUT2D eigenvalue weighted by molar-refractivity contribution is 0.398. The summed E-state index contributed by atoms with van der Waals surface area (Å²) >= 11 is 0. The Morgan fingerprint density at radius 1 is 1.29 bits per heavy atom. The number of ether oxygens (including phenoxy) is 1. The van der Waals surface area contributed by atoms with Crippen LogP contribution in [0.4, 0.5) is 5.69 Å². The normalized spacial score (nSPS) is 17.5. The van der Waals surface area contributed by atoms with E-state index < -0.39 is 0 Å². The number of methoxy groups -OCH3 is 1. The van der Waals surface area contributed by atoms with Crippen molar-refractivity contribution < 1.29 is 4.74 Å². The third-order valence-electron chi connectivity index (χ3n) is 3.52. The molecule has 2 rings (SSSR count). The number of nitrogens with one attached hydrogen (secondary N) is 1. The topological polar surface area (TPSA) is 34.1 Å². The molecule has 0 radical (unpaired) electrons. The molecule has 1 aliphatic rings. The molecule has 17 heavy (non-hydrogen) atoms. The van der Waals surface area contributed by atoms with Crippen molar-refractivity contribution in [1.82, 2.24) is 4.98 Å². The van der Waals surface area contributed by atoms with Gasteiger partial charge in [0.15, 0.2) is 0 Å². The molecule has 0 unspecified atom stereocenters. The van der Waals surface area contributed by atoms with Crippen molar-refractivity contribution in [3.8, 4) is 5.88 Å². The predicted octanol–water partition coefficient (Wildman–Crippen LogP) is 3.47. The van der Waals surface area contributed by atoms with Crippen LogP contribution < -0.4 is 10.1 Å². The number of rotatable bonds is 4. The fourth-order valence-electron chi connectivity index (χ4n) is 2.51. The molecule has 0 saturated heterocycles. The van der Waals surface area contributed by atoms with Crippen molar-refractivity contribution in [2.75, 3.05) is 19.0 Å². The molecule has 1 aromatic heterocycles. The van der Waals surface area contributed by atoms with Gasteiger partial charge in [0, 0.05) is 12.7 Å². The van der Waals surface area contributed by atoms with Gasteiger partial charge in [-0.15, -0.1) is 0 Å². The second kappa shape index (κ2) is 6.48. The Hall–Kier alpha value is -1.25. The van der Waals surface area contributed by atoms with E-state index in [1.54, 1.807) is 13.3 Å². The summed E-state index contributed by atoms with van der Waals surface area (Å²) in [6, 6.07) is 3.97. The van der Waals surface area contributed by atoms with Crippen LogP contribution >= 0.6 is 0 Å². The second-order valence-corrected chi connectivity index (χ2v) is 4.80. The monoisotopic (exact) mass is 234 g/mol. The first-order chi connectivity index (χ1) is 8.40. The van der Waals surface area contributed by atoms with Gasteiger partial charge in [0.1, 0.15) is 0 Å². The number of hydrogen-bond donors (Lipinski definition) is 1. The van der Waals surface area contributed by atoms with Crippen molar-refractivity contribution in [3.63, 3.8) is 0 Å². The molecule has 0 spiro atoms. The van der Waals surface area contributed by atoms with Crippen molar-refractivity contribution in [3.05, 3.63) is 18.3 Å². The van der Waals surface area contributed by atoms with E-state index in [-0.39, 0.29) is 0 Å². The molecule has 0 amide bonds. The molecule has 3 heteroatoms. The third kappa shape index (κ3) is 3.62. The molecule has 0 aromatic carbocycles. The lowest BCUT2D eigenvalue weighted by atomic mass is 10.0. The number of anilines is 1. The minimum Gasteiger partial charge on any atom is -0.480 e. The summed E-state index contributed by atoms with van der Waals surface area (Å²) in [5.74, 6) is 1.50. The summed E-state index contributed by atoms with van der Waals surface area (Å²) in [4.78, 5) is 4.19. The first-order valence-corrected chi connectivity index (χ1v) is 6.63. The maximum absolute atomic E-state index is 5.24. The molecule has 1 fully saturated rings. The van der Waals surface area contributed by atoms with Gasteiger partial charge in [0.05, 0.1) is 12.8 Å². The van der Waals surface area contributed by atoms with Gasteiger partial charge < -0.3 is 10.1 Å². The zero-order valence-corrected chi connectivity index (χ0v) is 10.6. The maximum atomic E-state index is 5.24. The van der Waals surface area contributed by atoms with E-state index >= 15 is 0 Å². The van der Waals surface area contributed by atoms with E-state index in [4.69, 9.17) is 4.74 Å². The number of pyridine rings is 1. The van der Waals surface area contributed by atoms with Crippen LogP contribution in [0.1, 0.15) is 38.5 Å². The third-order valence-corrected chi connectivity index (χ3v) is 3.52. The van der Waals surface area contributed by atoms with Crippen LogP contribution in [0.15, 0.2) is 18.3 Å². The van der Waals surface area contributed by atoms with Crippen molar-refractivity contribution >= 4 is 5.69 Å². The molecule has 1 aromatic rings. The van der Waals surface area contributed by atoms with Gasteiger partial charge in [0.25, 0.3) is 0 Å². The number of aromatic nitrogens is 1. The second-order valence-electron chi connectivity index (χ2n) is 4.80. The van der Waals surface area contributed by atoms with Crippen LogP contribution in [-0.4, -0.2) is 18.6 Å². The van der Waals surface area contributed by atoms with Gasteiger partial charge in [-0.3, -0.25) is 0 Å². The van der Waals surface area contributed by atoms with E-state index in [1.165, 1.54) is 38.5 Å². The lowest BCUT2D eigenvalue weighted by Crippen LogP contribution is -2.14. The Kier molecular flexibility index (Phi) is 4.65. The molecule has 3 nitrogen and oxygen atoms in total. The van der Waals surface area contributed by atoms with Crippen LogP contribution in [0.2, 0.25) is 0 Å². The summed E-state index contributed by atoms with van der Waals surface area (Å²) in [6.45, 7) is 1.04. The first kappa shape index (κ1) is 12.2. The Balaban J connectivity index is 1.87. The van der Waals surface area contributed by atoms with E-state index in [9.17, 15) is 0 Å². The zero-order chi connectivity index (χ0) is 11.9. The molecule has 94 valence electrons. The van der Waals surface area contributed by atoms with Crippen LogP contribution in [0, 0.1) is 5.92 Å². The predicted molar refractivity (Wildman–Crippen MR) is 70.5 cm³/mol. The van der Waals surface area contributed by atoms with Crippen LogP contribution in [-0.2, 0) is 0 Å². The van der Waals surface area contributed by atoms with Gasteiger partial charge >= 0.3 is 0 Å². The molecule has 1 saturated carbocycles. The molecular formula is C14H22N2O. The fourth-order valence-corrected chi connectivity index (χ4v) is 2.51. The van der Waals surface area contributed by atoms with Gasteiger partial charge in [-0.05, 0) is 30.9 Å². The van der Waals surface area contributed by atoms with Gasteiger partial charge in [0.2, 0.25) is 5.88 Å². The average Bonchev–Trinajstić information content (AvgIpc) is 2.65. The summed E-state index contributed by atoms with van der Waals surface area (Å²) in [7, 11) is 1.67. The molecule has 1 N–H and O–H groups in total. The summed E-state index contributed by atoms with van der Waals surface area (Å²) in [5, 5.41) is 3.47. The van der Waals surface area contributed by atoms with E-state index in [2.05, 4.69) is 10.3 Å². The highest BCUT2D eigenvalue weighted by Crippen LogP contribution is 2.25. The average molecular weight is 234 g/mol. The maximum Gasteiger partial charge on any atom is 0.237 e. The van der Waals surface area contributed by atoms with Crippen molar-refractivity contribution in [2.45, 2.75) is 38.5 Å². The molecule has 1 aliphatic carbocycles. The minimum atomic E-state index is 0.695. The molecule has 0 aliphatic heterocycles. The molecule has 0 atom stereocenters. The summed E-state index contributed by atoms with van der Waals surface area (Å²) < 4.78 is 5.24. The van der Waals surface area contributed by atoms with Crippen molar-refractivity contribution in [2.24, 2.45) is 5.92 Å². The first-order valence-electron chi connectivity index (χ1n) is 6.63. The quantitative estimate of drug-likeness (QED) is 0.810. The van der Waals surface area contributed by atoms with Crippen LogP contribution in [0.25, 0.3) is 0 Å². The molecule has 0 bridgehead atoms. The van der Waals surface area contributed by atoms with Gasteiger partial charge in [-0.25, -0.2) is 4.98 Å². The summed E-state index contributed by atoms with van der Waals surface area (Å²) in [6.07, 6.45) is 10.1. The van der Waals surface area contributed by atoms with Gasteiger partial charge in [-0.1, -0.05) is 25.7 Å². The Bertz CT molecular complexity index is 333. The highest BCUT2D eigenvalue weighted by Gasteiger charge is 2.12. The fraction of sp³-hybridized carbons (Fsp3) is 0.643. The zero-order valence-electron chi connectivity index (χ0n) is 10.6. The van der Waals surface area contributed by atoms with E-state index in [1.807, 2.05) is 12.1 Å². The molecular weight excluding hydrogens is 212 g/mol. The number of nitrogens with zero attached hydrogens (tertiary/aromatic N) is 1. The minimum absolute atomic E-state index is 0.695.